The van der Waals surface area contributed by atoms with Gasteiger partial charge in [-0.15, -0.1) is 0 Å². The third-order valence-corrected chi connectivity index (χ3v) is 3.68. The van der Waals surface area contributed by atoms with Gasteiger partial charge in [-0.1, -0.05) is 13.3 Å². The van der Waals surface area contributed by atoms with Gasteiger partial charge in [-0.05, 0) is 13.3 Å². The average Bonchev–Trinajstić information content (AvgIpc) is 2.45. The zero-order valence-corrected chi connectivity index (χ0v) is 13.8. The van der Waals surface area contributed by atoms with E-state index < -0.39 is 26.4 Å². The SMILES string of the molecule is CCC[C@H](NCc1c(COP(=O)(O)O)cnc(C)c1O)C(=O)O. The first kappa shape index (κ1) is 19.5. The Bertz CT molecular complexity index is 602. The molecule has 0 fully saturated rings. The maximum atomic E-state index is 11.1. The molecule has 0 radical (unpaired) electrons. The molecule has 1 heterocycles. The monoisotopic (exact) mass is 348 g/mol. The maximum absolute atomic E-state index is 11.1. The Kier molecular flexibility index (Phi) is 7.11. The summed E-state index contributed by atoms with van der Waals surface area (Å²) in [5.74, 6) is -1.17. The third-order valence-electron chi connectivity index (χ3n) is 3.22. The maximum Gasteiger partial charge on any atom is 0.469 e. The van der Waals surface area contributed by atoms with E-state index in [1.165, 1.54) is 6.20 Å². The first-order valence-corrected chi connectivity index (χ1v) is 8.51. The number of carboxylic acid groups (broad SMARTS) is 1. The molecule has 130 valence electrons. The van der Waals surface area contributed by atoms with E-state index in [0.29, 0.717) is 24.1 Å². The molecule has 23 heavy (non-hydrogen) atoms. The molecule has 0 aliphatic carbocycles. The summed E-state index contributed by atoms with van der Waals surface area (Å²) < 4.78 is 15.2. The number of carboxylic acids is 1. The van der Waals surface area contributed by atoms with Gasteiger partial charge < -0.3 is 25.3 Å². The van der Waals surface area contributed by atoms with Gasteiger partial charge in [0.1, 0.15) is 11.8 Å². The van der Waals surface area contributed by atoms with Crippen LogP contribution >= 0.6 is 7.82 Å². The average molecular weight is 348 g/mol. The van der Waals surface area contributed by atoms with Crippen molar-refractivity contribution in [2.24, 2.45) is 0 Å². The predicted molar refractivity (Wildman–Crippen MR) is 80.6 cm³/mol. The third kappa shape index (κ3) is 6.25. The lowest BCUT2D eigenvalue weighted by Gasteiger charge is -2.17. The molecule has 0 aliphatic heterocycles. The number of phosphoric ester groups is 1. The van der Waals surface area contributed by atoms with Crippen LogP contribution in [0.1, 0.15) is 36.6 Å². The van der Waals surface area contributed by atoms with Gasteiger partial charge in [-0.25, -0.2) is 4.57 Å². The van der Waals surface area contributed by atoms with E-state index in [9.17, 15) is 14.5 Å². The summed E-state index contributed by atoms with van der Waals surface area (Å²) in [5.41, 5.74) is 0.891. The van der Waals surface area contributed by atoms with Crippen molar-refractivity contribution in [1.82, 2.24) is 10.3 Å². The number of nitrogens with one attached hydrogen (secondary N) is 1. The van der Waals surface area contributed by atoms with Crippen LogP contribution < -0.4 is 5.32 Å². The number of hydrogen-bond acceptors (Lipinski definition) is 6. The molecular weight excluding hydrogens is 327 g/mol. The molecule has 1 rings (SSSR count). The van der Waals surface area contributed by atoms with Crippen molar-refractivity contribution in [2.45, 2.75) is 45.9 Å². The summed E-state index contributed by atoms with van der Waals surface area (Å²) in [5, 5.41) is 22.0. The number of aryl methyl sites for hydroxylation is 1. The molecule has 0 aromatic carbocycles. The second-order valence-corrected chi connectivity index (χ2v) is 6.26. The largest absolute Gasteiger partial charge is 0.506 e. The normalized spacial score (nSPS) is 13.0. The minimum Gasteiger partial charge on any atom is -0.506 e. The highest BCUT2D eigenvalue weighted by molar-refractivity contribution is 7.46. The van der Waals surface area contributed by atoms with E-state index in [0.717, 1.165) is 0 Å². The number of aromatic hydroxyl groups is 1. The lowest BCUT2D eigenvalue weighted by molar-refractivity contribution is -0.139. The molecular formula is C13H21N2O7P. The van der Waals surface area contributed by atoms with Crippen molar-refractivity contribution in [3.63, 3.8) is 0 Å². The standard InChI is InChI=1S/C13H21N2O7P/c1-3-4-11(13(17)18)15-6-10-9(7-22-23(19,20)21)5-14-8(2)12(10)16/h5,11,15-16H,3-4,6-7H2,1-2H3,(H,17,18)(H2,19,20,21)/t11-/m0/s1. The van der Waals surface area contributed by atoms with Crippen molar-refractivity contribution in [3.05, 3.63) is 23.0 Å². The highest BCUT2D eigenvalue weighted by atomic mass is 31.2. The van der Waals surface area contributed by atoms with E-state index in [2.05, 4.69) is 14.8 Å². The molecule has 9 nitrogen and oxygen atoms in total. The summed E-state index contributed by atoms with van der Waals surface area (Å²) in [6, 6.07) is -0.788. The summed E-state index contributed by atoms with van der Waals surface area (Å²) in [6.45, 7) is 2.97. The molecule has 10 heteroatoms. The minimum absolute atomic E-state index is 0.00596. The molecule has 1 aromatic rings. The van der Waals surface area contributed by atoms with Crippen LogP contribution in [0.25, 0.3) is 0 Å². The fraction of sp³-hybridized carbons (Fsp3) is 0.538. The second kappa shape index (κ2) is 8.37. The van der Waals surface area contributed by atoms with Crippen LogP contribution in [0.3, 0.4) is 0 Å². The lowest BCUT2D eigenvalue weighted by atomic mass is 10.1. The first-order valence-electron chi connectivity index (χ1n) is 6.98. The van der Waals surface area contributed by atoms with E-state index in [-0.39, 0.29) is 17.9 Å². The summed E-state index contributed by atoms with van der Waals surface area (Å²) in [4.78, 5) is 32.6. The molecule has 0 spiro atoms. The van der Waals surface area contributed by atoms with Crippen molar-refractivity contribution in [3.8, 4) is 5.75 Å². The van der Waals surface area contributed by atoms with Gasteiger partial charge in [0.05, 0.1) is 12.3 Å². The van der Waals surface area contributed by atoms with Gasteiger partial charge in [0.2, 0.25) is 0 Å². The van der Waals surface area contributed by atoms with Crippen molar-refractivity contribution in [2.75, 3.05) is 0 Å². The zero-order chi connectivity index (χ0) is 17.6. The Balaban J connectivity index is 2.96. The number of pyridine rings is 1. The van der Waals surface area contributed by atoms with Crippen LogP contribution in [0.2, 0.25) is 0 Å². The lowest BCUT2D eigenvalue weighted by Crippen LogP contribution is -2.36. The summed E-state index contributed by atoms with van der Waals surface area (Å²) in [6.07, 6.45) is 2.41. The van der Waals surface area contributed by atoms with Gasteiger partial charge >= 0.3 is 13.8 Å². The summed E-state index contributed by atoms with van der Waals surface area (Å²) >= 11 is 0. The van der Waals surface area contributed by atoms with Crippen molar-refractivity contribution in [1.29, 1.82) is 0 Å². The van der Waals surface area contributed by atoms with Crippen LogP contribution in [0.5, 0.6) is 5.75 Å². The molecule has 0 saturated carbocycles. The number of hydrogen-bond donors (Lipinski definition) is 5. The quantitative estimate of drug-likeness (QED) is 0.413. The number of phosphoric acid groups is 1. The Morgan fingerprint density at radius 2 is 2.13 bits per heavy atom. The van der Waals surface area contributed by atoms with Crippen LogP contribution in [-0.4, -0.2) is 37.0 Å². The molecule has 0 amide bonds. The molecule has 1 aromatic heterocycles. The van der Waals surface area contributed by atoms with E-state index in [1.54, 1.807) is 6.92 Å². The van der Waals surface area contributed by atoms with Gasteiger partial charge in [0.25, 0.3) is 0 Å². The second-order valence-electron chi connectivity index (χ2n) is 5.02. The Hall–Kier alpha value is -1.51. The van der Waals surface area contributed by atoms with Gasteiger partial charge in [-0.2, -0.15) is 0 Å². The highest BCUT2D eigenvalue weighted by Crippen LogP contribution is 2.38. The number of nitrogens with zero attached hydrogens (tertiary/aromatic N) is 1. The Labute approximate surface area is 133 Å². The topological polar surface area (TPSA) is 149 Å². The fourth-order valence-corrected chi connectivity index (χ4v) is 2.29. The number of aliphatic carboxylic acids is 1. The molecule has 1 atom stereocenters. The van der Waals surface area contributed by atoms with Crippen LogP contribution in [-0.2, 0) is 27.0 Å². The Morgan fingerprint density at radius 3 is 2.65 bits per heavy atom. The van der Waals surface area contributed by atoms with E-state index >= 15 is 0 Å². The van der Waals surface area contributed by atoms with Gasteiger partial charge in [0, 0.05) is 23.9 Å². The molecule has 0 saturated heterocycles. The first-order chi connectivity index (χ1) is 10.7. The highest BCUT2D eigenvalue weighted by Gasteiger charge is 2.20. The van der Waals surface area contributed by atoms with Crippen molar-refractivity contribution >= 4 is 13.8 Å². The van der Waals surface area contributed by atoms with Crippen LogP contribution in [0.15, 0.2) is 6.20 Å². The van der Waals surface area contributed by atoms with Gasteiger partial charge in [-0.3, -0.25) is 14.3 Å². The summed E-state index contributed by atoms with van der Waals surface area (Å²) in [7, 11) is -4.67. The molecule has 5 N–H and O–H groups in total. The van der Waals surface area contributed by atoms with E-state index in [1.807, 2.05) is 6.92 Å². The smallest absolute Gasteiger partial charge is 0.469 e. The van der Waals surface area contributed by atoms with E-state index in [4.69, 9.17) is 14.9 Å². The molecule has 0 aliphatic rings. The van der Waals surface area contributed by atoms with Crippen molar-refractivity contribution < 1.29 is 33.9 Å². The molecule has 0 unspecified atom stereocenters. The number of aromatic nitrogens is 1. The van der Waals surface area contributed by atoms with Crippen LogP contribution in [0.4, 0.5) is 0 Å². The Morgan fingerprint density at radius 1 is 1.48 bits per heavy atom. The molecule has 0 bridgehead atoms. The fourth-order valence-electron chi connectivity index (χ4n) is 1.99. The van der Waals surface area contributed by atoms with Crippen LogP contribution in [0, 0.1) is 6.92 Å². The predicted octanol–water partition coefficient (Wildman–Crippen LogP) is 1.05. The minimum atomic E-state index is -4.67. The number of carbonyl (C=O) groups is 1. The van der Waals surface area contributed by atoms with Gasteiger partial charge in [0.15, 0.2) is 0 Å². The number of rotatable bonds is 9. The zero-order valence-electron chi connectivity index (χ0n) is 12.9.